The van der Waals surface area contributed by atoms with Gasteiger partial charge >= 0.3 is 5.97 Å². The number of carboxylic acids is 1. The van der Waals surface area contributed by atoms with Crippen LogP contribution in [0.5, 0.6) is 5.88 Å². The molecule has 1 aromatic carbocycles. The molecular formula is C14H13ClN2O3. The first-order valence-corrected chi connectivity index (χ1v) is 6.32. The molecule has 0 radical (unpaired) electrons. The Hall–Kier alpha value is -2.14. The molecule has 2 rings (SSSR count). The molecule has 0 aliphatic rings. The number of methoxy groups -OCH3 is 1. The number of carbonyl (C=O) groups is 1. The number of rotatable bonds is 5. The maximum absolute atomic E-state index is 11.4. The van der Waals surface area contributed by atoms with Gasteiger partial charge in [0.2, 0.25) is 5.88 Å². The standard InChI is InChI=1S/C14H13ClN2O3/c1-20-12-5-6-16-13(17-12)11(14(18)19)8-9-3-2-4-10(15)7-9/h2-7,11H,8H2,1H3,(H,18,19). The van der Waals surface area contributed by atoms with E-state index < -0.39 is 11.9 Å². The van der Waals surface area contributed by atoms with Gasteiger partial charge in [-0.15, -0.1) is 0 Å². The van der Waals surface area contributed by atoms with Gasteiger partial charge in [0.15, 0.2) is 0 Å². The highest BCUT2D eigenvalue weighted by atomic mass is 35.5. The van der Waals surface area contributed by atoms with Crippen LogP contribution in [0, 0.1) is 0 Å². The normalized spacial score (nSPS) is 11.9. The van der Waals surface area contributed by atoms with E-state index in [9.17, 15) is 9.90 Å². The summed E-state index contributed by atoms with van der Waals surface area (Å²) in [6, 6.07) is 8.65. The molecule has 0 fully saturated rings. The zero-order valence-electron chi connectivity index (χ0n) is 10.8. The molecule has 0 amide bonds. The van der Waals surface area contributed by atoms with Crippen molar-refractivity contribution in [3.8, 4) is 5.88 Å². The topological polar surface area (TPSA) is 72.3 Å². The molecule has 0 aliphatic carbocycles. The first-order valence-electron chi connectivity index (χ1n) is 5.94. The van der Waals surface area contributed by atoms with Gasteiger partial charge in [-0.05, 0) is 24.1 Å². The molecule has 0 aliphatic heterocycles. The van der Waals surface area contributed by atoms with Crippen molar-refractivity contribution in [2.45, 2.75) is 12.3 Å². The third kappa shape index (κ3) is 3.45. The fourth-order valence-corrected chi connectivity index (χ4v) is 2.04. The molecule has 1 atom stereocenters. The van der Waals surface area contributed by atoms with Crippen molar-refractivity contribution >= 4 is 17.6 Å². The minimum Gasteiger partial charge on any atom is -0.481 e. The molecule has 1 N–H and O–H groups in total. The fraction of sp³-hybridized carbons (Fsp3) is 0.214. The van der Waals surface area contributed by atoms with Crippen molar-refractivity contribution in [1.82, 2.24) is 9.97 Å². The van der Waals surface area contributed by atoms with Crippen LogP contribution in [-0.2, 0) is 11.2 Å². The molecule has 0 saturated carbocycles. The molecule has 0 saturated heterocycles. The van der Waals surface area contributed by atoms with E-state index in [1.54, 1.807) is 24.3 Å². The summed E-state index contributed by atoms with van der Waals surface area (Å²) in [6.45, 7) is 0. The first kappa shape index (κ1) is 14.3. The Kier molecular flexibility index (Phi) is 4.53. The maximum atomic E-state index is 11.4. The molecule has 20 heavy (non-hydrogen) atoms. The van der Waals surface area contributed by atoms with Crippen molar-refractivity contribution in [2.75, 3.05) is 7.11 Å². The van der Waals surface area contributed by atoms with Crippen molar-refractivity contribution in [1.29, 1.82) is 0 Å². The van der Waals surface area contributed by atoms with Crippen molar-refractivity contribution in [3.63, 3.8) is 0 Å². The molecule has 1 aromatic heterocycles. The highest BCUT2D eigenvalue weighted by Gasteiger charge is 2.23. The number of halogens is 1. The van der Waals surface area contributed by atoms with E-state index in [-0.39, 0.29) is 12.2 Å². The van der Waals surface area contributed by atoms with Crippen LogP contribution in [0.3, 0.4) is 0 Å². The average Bonchev–Trinajstić information content (AvgIpc) is 2.44. The summed E-state index contributed by atoms with van der Waals surface area (Å²) >= 11 is 5.90. The molecule has 0 spiro atoms. The number of benzene rings is 1. The van der Waals surface area contributed by atoms with Gasteiger partial charge in [0, 0.05) is 17.3 Å². The number of ether oxygens (including phenoxy) is 1. The second kappa shape index (κ2) is 6.34. The minimum absolute atomic E-state index is 0.219. The molecule has 6 heteroatoms. The van der Waals surface area contributed by atoms with Crippen LogP contribution in [0.15, 0.2) is 36.5 Å². The third-order valence-corrected chi connectivity index (χ3v) is 3.03. The van der Waals surface area contributed by atoms with Gasteiger partial charge in [-0.1, -0.05) is 23.7 Å². The summed E-state index contributed by atoms with van der Waals surface area (Å²) in [6.07, 6.45) is 1.75. The van der Waals surface area contributed by atoms with E-state index in [1.165, 1.54) is 13.3 Å². The van der Waals surface area contributed by atoms with Gasteiger partial charge in [-0.2, -0.15) is 4.98 Å². The highest BCUT2D eigenvalue weighted by Crippen LogP contribution is 2.21. The Bertz CT molecular complexity index is 619. The predicted octanol–water partition coefficient (Wildman–Crippen LogP) is 2.55. The lowest BCUT2D eigenvalue weighted by Gasteiger charge is -2.12. The zero-order chi connectivity index (χ0) is 14.5. The second-order valence-electron chi connectivity index (χ2n) is 4.18. The first-order chi connectivity index (χ1) is 9.60. The molecule has 0 bridgehead atoms. The number of carboxylic acid groups (broad SMARTS) is 1. The number of aromatic nitrogens is 2. The Morgan fingerprint density at radius 2 is 2.25 bits per heavy atom. The minimum atomic E-state index is -0.988. The number of nitrogens with zero attached hydrogens (tertiary/aromatic N) is 2. The quantitative estimate of drug-likeness (QED) is 0.917. The zero-order valence-corrected chi connectivity index (χ0v) is 11.5. The van der Waals surface area contributed by atoms with Gasteiger partial charge in [-0.3, -0.25) is 4.79 Å². The van der Waals surface area contributed by atoms with E-state index in [4.69, 9.17) is 16.3 Å². The van der Waals surface area contributed by atoms with Gasteiger partial charge in [0.25, 0.3) is 0 Å². The Labute approximate surface area is 121 Å². The largest absolute Gasteiger partial charge is 0.481 e. The fourth-order valence-electron chi connectivity index (χ4n) is 1.83. The molecule has 1 unspecified atom stereocenters. The monoisotopic (exact) mass is 292 g/mol. The van der Waals surface area contributed by atoms with Crippen LogP contribution in [0.25, 0.3) is 0 Å². The summed E-state index contributed by atoms with van der Waals surface area (Å²) in [7, 11) is 1.47. The van der Waals surface area contributed by atoms with Crippen LogP contribution >= 0.6 is 11.6 Å². The maximum Gasteiger partial charge on any atom is 0.314 e. The lowest BCUT2D eigenvalue weighted by Crippen LogP contribution is -2.17. The summed E-state index contributed by atoms with van der Waals surface area (Å²) in [4.78, 5) is 19.5. The van der Waals surface area contributed by atoms with Crippen LogP contribution in [-0.4, -0.2) is 28.2 Å². The number of hydrogen-bond donors (Lipinski definition) is 1. The Morgan fingerprint density at radius 1 is 1.45 bits per heavy atom. The van der Waals surface area contributed by atoms with Crippen LogP contribution in [0.1, 0.15) is 17.3 Å². The van der Waals surface area contributed by atoms with E-state index in [0.717, 1.165) is 5.56 Å². The van der Waals surface area contributed by atoms with E-state index >= 15 is 0 Å². The van der Waals surface area contributed by atoms with Crippen molar-refractivity contribution in [3.05, 3.63) is 52.9 Å². The molecule has 1 heterocycles. The summed E-state index contributed by atoms with van der Waals surface area (Å²) < 4.78 is 4.99. The second-order valence-corrected chi connectivity index (χ2v) is 4.62. The Balaban J connectivity index is 2.29. The van der Waals surface area contributed by atoms with Crippen molar-refractivity contribution in [2.24, 2.45) is 0 Å². The average molecular weight is 293 g/mol. The van der Waals surface area contributed by atoms with Crippen molar-refractivity contribution < 1.29 is 14.6 Å². The number of aliphatic carboxylic acids is 1. The smallest absolute Gasteiger partial charge is 0.314 e. The van der Waals surface area contributed by atoms with Gasteiger partial charge < -0.3 is 9.84 Å². The lowest BCUT2D eigenvalue weighted by atomic mass is 9.98. The van der Waals surface area contributed by atoms with E-state index in [1.807, 2.05) is 6.07 Å². The summed E-state index contributed by atoms with van der Waals surface area (Å²) in [5.41, 5.74) is 0.816. The van der Waals surface area contributed by atoms with Crippen LogP contribution in [0.4, 0.5) is 0 Å². The summed E-state index contributed by atoms with van der Waals surface area (Å²) in [5.74, 6) is -1.27. The van der Waals surface area contributed by atoms with Gasteiger partial charge in [-0.25, -0.2) is 4.98 Å². The lowest BCUT2D eigenvalue weighted by molar-refractivity contribution is -0.139. The molecular weight excluding hydrogens is 280 g/mol. The number of hydrogen-bond acceptors (Lipinski definition) is 4. The molecule has 2 aromatic rings. The SMILES string of the molecule is COc1ccnc(C(Cc2cccc(Cl)c2)C(=O)O)n1. The van der Waals surface area contributed by atoms with Gasteiger partial charge in [0.05, 0.1) is 7.11 Å². The van der Waals surface area contributed by atoms with Gasteiger partial charge in [0.1, 0.15) is 11.7 Å². The van der Waals surface area contributed by atoms with E-state index in [2.05, 4.69) is 9.97 Å². The predicted molar refractivity (Wildman–Crippen MR) is 74.1 cm³/mol. The van der Waals surface area contributed by atoms with Crippen LogP contribution in [0.2, 0.25) is 5.02 Å². The molecule has 104 valence electrons. The van der Waals surface area contributed by atoms with E-state index in [0.29, 0.717) is 10.9 Å². The third-order valence-electron chi connectivity index (χ3n) is 2.80. The van der Waals surface area contributed by atoms with Crippen LogP contribution < -0.4 is 4.74 Å². The molecule has 5 nitrogen and oxygen atoms in total. The summed E-state index contributed by atoms with van der Waals surface area (Å²) in [5, 5.41) is 9.93. The highest BCUT2D eigenvalue weighted by molar-refractivity contribution is 6.30. The Morgan fingerprint density at radius 3 is 2.90 bits per heavy atom.